The fourth-order valence-corrected chi connectivity index (χ4v) is 1.74. The van der Waals surface area contributed by atoms with Gasteiger partial charge in [-0.05, 0) is 31.4 Å². The second-order valence-corrected chi connectivity index (χ2v) is 4.00. The summed E-state index contributed by atoms with van der Waals surface area (Å²) in [5, 5.41) is 2.94. The molecule has 1 rings (SSSR count). The molecular formula is C15H21NO. The molecule has 1 amide bonds. The van der Waals surface area contributed by atoms with Gasteiger partial charge in [0.15, 0.2) is 0 Å². The Balaban J connectivity index is 2.37. The van der Waals surface area contributed by atoms with Crippen LogP contribution in [0.1, 0.15) is 43.5 Å². The van der Waals surface area contributed by atoms with Crippen molar-refractivity contribution in [1.82, 2.24) is 5.32 Å². The lowest BCUT2D eigenvalue weighted by molar-refractivity contribution is 0.0954. The maximum atomic E-state index is 11.7. The summed E-state index contributed by atoms with van der Waals surface area (Å²) in [4.78, 5) is 11.7. The zero-order chi connectivity index (χ0) is 12.5. The Hall–Kier alpha value is -1.57. The van der Waals surface area contributed by atoms with Crippen LogP contribution in [0.2, 0.25) is 0 Å². The third kappa shape index (κ3) is 4.85. The third-order valence-electron chi connectivity index (χ3n) is 2.71. The lowest BCUT2D eigenvalue weighted by Crippen LogP contribution is -2.24. The highest BCUT2D eigenvalue weighted by atomic mass is 16.1. The molecule has 1 aromatic carbocycles. The highest BCUT2D eigenvalue weighted by Crippen LogP contribution is 2.06. The van der Waals surface area contributed by atoms with Crippen molar-refractivity contribution in [3.63, 3.8) is 0 Å². The summed E-state index contributed by atoms with van der Waals surface area (Å²) in [6.07, 6.45) is 5.32. The van der Waals surface area contributed by atoms with Gasteiger partial charge < -0.3 is 5.32 Å². The Kier molecular flexibility index (Phi) is 6.08. The van der Waals surface area contributed by atoms with Crippen molar-refractivity contribution in [3.8, 4) is 0 Å². The summed E-state index contributed by atoms with van der Waals surface area (Å²) < 4.78 is 0. The summed E-state index contributed by atoms with van der Waals surface area (Å²) in [6.45, 7) is 5.01. The van der Waals surface area contributed by atoms with E-state index in [0.717, 1.165) is 24.8 Å². The van der Waals surface area contributed by atoms with Crippen LogP contribution in [0.5, 0.6) is 0 Å². The van der Waals surface area contributed by atoms with Gasteiger partial charge in [0.1, 0.15) is 0 Å². The lowest BCUT2D eigenvalue weighted by Gasteiger charge is -2.07. The van der Waals surface area contributed by atoms with E-state index in [0.29, 0.717) is 6.54 Å². The molecule has 0 radical (unpaired) electrons. The van der Waals surface area contributed by atoms with Gasteiger partial charge in [0, 0.05) is 12.1 Å². The largest absolute Gasteiger partial charge is 0.352 e. The second-order valence-electron chi connectivity index (χ2n) is 4.00. The number of rotatable bonds is 6. The zero-order valence-corrected chi connectivity index (χ0v) is 10.7. The first-order valence-electron chi connectivity index (χ1n) is 6.29. The van der Waals surface area contributed by atoms with Gasteiger partial charge in [-0.3, -0.25) is 4.79 Å². The minimum atomic E-state index is 0.0116. The van der Waals surface area contributed by atoms with Crippen LogP contribution in [0.3, 0.4) is 0 Å². The first-order chi connectivity index (χ1) is 8.27. The number of nitrogens with one attached hydrogen (secondary N) is 1. The molecule has 0 bridgehead atoms. The third-order valence-corrected chi connectivity index (χ3v) is 2.71. The maximum Gasteiger partial charge on any atom is 0.251 e. The molecule has 1 aromatic rings. The molecule has 2 heteroatoms. The first-order valence-corrected chi connectivity index (χ1v) is 6.29. The molecule has 1 N–H and O–H groups in total. The zero-order valence-electron chi connectivity index (χ0n) is 10.7. The molecule has 0 unspecified atom stereocenters. The molecule has 0 fully saturated rings. The predicted octanol–water partition coefficient (Wildman–Crippen LogP) is 3.55. The molecule has 17 heavy (non-hydrogen) atoms. The Bertz CT molecular complexity index is 368. The lowest BCUT2D eigenvalue weighted by atomic mass is 10.1. The van der Waals surface area contributed by atoms with Crippen molar-refractivity contribution in [3.05, 3.63) is 47.5 Å². The van der Waals surface area contributed by atoms with Crippen LogP contribution in [-0.4, -0.2) is 12.5 Å². The van der Waals surface area contributed by atoms with E-state index < -0.39 is 0 Å². The second kappa shape index (κ2) is 7.66. The van der Waals surface area contributed by atoms with Crippen LogP contribution in [0.4, 0.5) is 0 Å². The van der Waals surface area contributed by atoms with Crippen LogP contribution >= 0.6 is 0 Å². The molecule has 92 valence electrons. The SMILES string of the molecule is CC/C=C(\CC)CCNC(=O)c1ccccc1. The van der Waals surface area contributed by atoms with Gasteiger partial charge in [-0.25, -0.2) is 0 Å². The summed E-state index contributed by atoms with van der Waals surface area (Å²) in [5.74, 6) is 0.0116. The summed E-state index contributed by atoms with van der Waals surface area (Å²) >= 11 is 0. The molecule has 0 saturated carbocycles. The molecule has 0 aliphatic rings. The van der Waals surface area contributed by atoms with Crippen molar-refractivity contribution < 1.29 is 4.79 Å². The van der Waals surface area contributed by atoms with Crippen molar-refractivity contribution in [1.29, 1.82) is 0 Å². The van der Waals surface area contributed by atoms with Crippen LogP contribution in [0.25, 0.3) is 0 Å². The van der Waals surface area contributed by atoms with E-state index in [4.69, 9.17) is 0 Å². The standard InChI is InChI=1S/C15H21NO/c1-3-8-13(4-2)11-12-16-15(17)14-9-6-5-7-10-14/h5-10H,3-4,11-12H2,1-2H3,(H,16,17)/b13-8+. The van der Waals surface area contributed by atoms with Gasteiger partial charge in [-0.1, -0.05) is 43.7 Å². The van der Waals surface area contributed by atoms with Crippen LogP contribution in [-0.2, 0) is 0 Å². The quantitative estimate of drug-likeness (QED) is 0.745. The normalized spacial score (nSPS) is 11.3. The number of hydrogen-bond donors (Lipinski definition) is 1. The predicted molar refractivity (Wildman–Crippen MR) is 72.1 cm³/mol. The minimum Gasteiger partial charge on any atom is -0.352 e. The molecule has 0 aliphatic carbocycles. The van der Waals surface area contributed by atoms with Crippen molar-refractivity contribution in [2.24, 2.45) is 0 Å². The number of carbonyl (C=O) groups is 1. The van der Waals surface area contributed by atoms with Gasteiger partial charge in [-0.15, -0.1) is 0 Å². The van der Waals surface area contributed by atoms with E-state index in [1.54, 1.807) is 0 Å². The van der Waals surface area contributed by atoms with E-state index in [9.17, 15) is 4.79 Å². The number of hydrogen-bond acceptors (Lipinski definition) is 1. The molecule has 0 spiro atoms. The Morgan fingerprint density at radius 2 is 1.94 bits per heavy atom. The molecule has 0 atom stereocenters. The van der Waals surface area contributed by atoms with Gasteiger partial charge >= 0.3 is 0 Å². The van der Waals surface area contributed by atoms with Crippen molar-refractivity contribution in [2.75, 3.05) is 6.54 Å². The first kappa shape index (κ1) is 13.5. The van der Waals surface area contributed by atoms with Gasteiger partial charge in [0.2, 0.25) is 0 Å². The number of allylic oxidation sites excluding steroid dienone is 1. The summed E-state index contributed by atoms with van der Waals surface area (Å²) in [5.41, 5.74) is 2.14. The van der Waals surface area contributed by atoms with Gasteiger partial charge in [0.05, 0.1) is 0 Å². The highest BCUT2D eigenvalue weighted by molar-refractivity contribution is 5.94. The smallest absolute Gasteiger partial charge is 0.251 e. The van der Waals surface area contributed by atoms with Gasteiger partial charge in [0.25, 0.3) is 5.91 Å². The average Bonchev–Trinajstić information content (AvgIpc) is 2.38. The van der Waals surface area contributed by atoms with E-state index in [1.807, 2.05) is 30.3 Å². The van der Waals surface area contributed by atoms with Crippen LogP contribution in [0.15, 0.2) is 42.0 Å². The molecule has 0 heterocycles. The fraction of sp³-hybridized carbons (Fsp3) is 0.400. The topological polar surface area (TPSA) is 29.1 Å². The van der Waals surface area contributed by atoms with E-state index in [-0.39, 0.29) is 5.91 Å². The molecule has 2 nitrogen and oxygen atoms in total. The molecule has 0 aliphatic heterocycles. The van der Waals surface area contributed by atoms with Crippen molar-refractivity contribution in [2.45, 2.75) is 33.1 Å². The fourth-order valence-electron chi connectivity index (χ4n) is 1.74. The summed E-state index contributed by atoms with van der Waals surface area (Å²) in [6, 6.07) is 9.33. The number of carbonyl (C=O) groups excluding carboxylic acids is 1. The highest BCUT2D eigenvalue weighted by Gasteiger charge is 2.03. The Morgan fingerprint density at radius 3 is 2.53 bits per heavy atom. The van der Waals surface area contributed by atoms with Crippen LogP contribution in [0, 0.1) is 0 Å². The van der Waals surface area contributed by atoms with Crippen molar-refractivity contribution >= 4 is 5.91 Å². The number of amides is 1. The Morgan fingerprint density at radius 1 is 1.24 bits per heavy atom. The molecule has 0 aromatic heterocycles. The molecule has 0 saturated heterocycles. The minimum absolute atomic E-state index is 0.0116. The average molecular weight is 231 g/mol. The Labute approximate surface area is 104 Å². The van der Waals surface area contributed by atoms with E-state index in [1.165, 1.54) is 5.57 Å². The maximum absolute atomic E-state index is 11.7. The van der Waals surface area contributed by atoms with E-state index in [2.05, 4.69) is 25.2 Å². The monoisotopic (exact) mass is 231 g/mol. The molecular weight excluding hydrogens is 210 g/mol. The van der Waals surface area contributed by atoms with Crippen LogP contribution < -0.4 is 5.32 Å². The van der Waals surface area contributed by atoms with E-state index >= 15 is 0 Å². The number of benzene rings is 1. The summed E-state index contributed by atoms with van der Waals surface area (Å²) in [7, 11) is 0. The van der Waals surface area contributed by atoms with Gasteiger partial charge in [-0.2, -0.15) is 0 Å².